The fourth-order valence-corrected chi connectivity index (χ4v) is 3.71. The first-order chi connectivity index (χ1) is 14.6. The highest BCUT2D eigenvalue weighted by molar-refractivity contribution is 14.0. The Morgan fingerprint density at radius 3 is 2.68 bits per heavy atom. The lowest BCUT2D eigenvalue weighted by Crippen LogP contribution is -2.37. The molecule has 0 spiro atoms. The minimum Gasteiger partial charge on any atom is -0.494 e. The number of halogens is 1. The van der Waals surface area contributed by atoms with Crippen LogP contribution in [0.25, 0.3) is 0 Å². The number of fused-ring (bicyclic) bond motifs is 1. The fourth-order valence-electron chi connectivity index (χ4n) is 3.71. The van der Waals surface area contributed by atoms with Gasteiger partial charge >= 0.3 is 0 Å². The van der Waals surface area contributed by atoms with E-state index in [1.807, 2.05) is 6.92 Å². The van der Waals surface area contributed by atoms with Crippen molar-refractivity contribution in [1.82, 2.24) is 15.8 Å². The average Bonchev–Trinajstić information content (AvgIpc) is 3.31. The topological polar surface area (TPSA) is 80.9 Å². The molecule has 0 saturated heterocycles. The molecule has 2 aromatic rings. The molecule has 0 fully saturated rings. The standard InChI is InChI=1S/C23H34N4O3.HI/c1-6-19-18(20(7-2)30-27-19)14-26-23(24-8-3)25-13-17-12-22-16(10-15(5)29-22)11-21(17)28-9-4;/h11-12,15H,6-10,13-14H2,1-5H3,(H2,24,25,26);1H. The van der Waals surface area contributed by atoms with Crippen molar-refractivity contribution in [3.63, 3.8) is 0 Å². The molecular formula is C23H35IN4O3. The van der Waals surface area contributed by atoms with Crippen LogP contribution in [0.4, 0.5) is 0 Å². The molecule has 0 amide bonds. The van der Waals surface area contributed by atoms with Crippen molar-refractivity contribution in [2.75, 3.05) is 13.2 Å². The molecule has 172 valence electrons. The number of benzene rings is 1. The number of aromatic nitrogens is 1. The van der Waals surface area contributed by atoms with Gasteiger partial charge in [-0.1, -0.05) is 19.0 Å². The molecule has 0 aliphatic carbocycles. The first kappa shape index (κ1) is 25.3. The molecule has 8 heteroatoms. The molecule has 3 rings (SSSR count). The molecule has 1 unspecified atom stereocenters. The fraction of sp³-hybridized carbons (Fsp3) is 0.565. The smallest absolute Gasteiger partial charge is 0.191 e. The molecule has 7 nitrogen and oxygen atoms in total. The van der Waals surface area contributed by atoms with Crippen molar-refractivity contribution >= 4 is 29.9 Å². The summed E-state index contributed by atoms with van der Waals surface area (Å²) >= 11 is 0. The molecule has 2 heterocycles. The van der Waals surface area contributed by atoms with Gasteiger partial charge in [0.1, 0.15) is 23.4 Å². The number of nitrogens with zero attached hydrogens (tertiary/aromatic N) is 2. The molecule has 1 aliphatic heterocycles. The van der Waals surface area contributed by atoms with Gasteiger partial charge in [-0.2, -0.15) is 0 Å². The van der Waals surface area contributed by atoms with Crippen molar-refractivity contribution in [2.45, 2.75) is 73.1 Å². The normalized spacial score (nSPS) is 15.1. The van der Waals surface area contributed by atoms with Crippen LogP contribution >= 0.6 is 24.0 Å². The van der Waals surface area contributed by atoms with Crippen LogP contribution in [0, 0.1) is 0 Å². The SMILES string of the molecule is CCNC(=NCc1cc2c(cc1OCC)CC(C)O2)NCc1c(CC)noc1CC.I. The minimum atomic E-state index is 0. The summed E-state index contributed by atoms with van der Waals surface area (Å²) in [6.45, 7) is 12.8. The molecule has 1 atom stereocenters. The Morgan fingerprint density at radius 1 is 1.19 bits per heavy atom. The second kappa shape index (κ2) is 12.2. The summed E-state index contributed by atoms with van der Waals surface area (Å²) in [5.74, 6) is 3.51. The zero-order chi connectivity index (χ0) is 21.5. The lowest BCUT2D eigenvalue weighted by atomic mass is 10.1. The first-order valence-corrected chi connectivity index (χ1v) is 11.0. The molecule has 2 N–H and O–H groups in total. The van der Waals surface area contributed by atoms with E-state index in [9.17, 15) is 0 Å². The Hall–Kier alpha value is -1.97. The monoisotopic (exact) mass is 542 g/mol. The summed E-state index contributed by atoms with van der Waals surface area (Å²) in [7, 11) is 0. The first-order valence-electron chi connectivity index (χ1n) is 11.0. The third kappa shape index (κ3) is 6.27. The van der Waals surface area contributed by atoms with Crippen molar-refractivity contribution in [3.05, 3.63) is 40.3 Å². The van der Waals surface area contributed by atoms with Gasteiger partial charge in [0.25, 0.3) is 0 Å². The predicted octanol–water partition coefficient (Wildman–Crippen LogP) is 4.39. The van der Waals surface area contributed by atoms with Gasteiger partial charge in [0.15, 0.2) is 5.96 Å². The highest BCUT2D eigenvalue weighted by Gasteiger charge is 2.22. The molecule has 1 aromatic carbocycles. The van der Waals surface area contributed by atoms with Crippen LogP contribution in [0.15, 0.2) is 21.6 Å². The van der Waals surface area contributed by atoms with Gasteiger partial charge in [0, 0.05) is 42.6 Å². The van der Waals surface area contributed by atoms with Crippen molar-refractivity contribution in [1.29, 1.82) is 0 Å². The molecule has 0 radical (unpaired) electrons. The third-order valence-corrected chi connectivity index (χ3v) is 5.17. The van der Waals surface area contributed by atoms with Gasteiger partial charge in [-0.25, -0.2) is 4.99 Å². The largest absolute Gasteiger partial charge is 0.494 e. The van der Waals surface area contributed by atoms with Crippen LogP contribution < -0.4 is 20.1 Å². The van der Waals surface area contributed by atoms with Crippen LogP contribution in [-0.4, -0.2) is 30.4 Å². The summed E-state index contributed by atoms with van der Waals surface area (Å²) in [6, 6.07) is 4.17. The quantitative estimate of drug-likeness (QED) is 0.278. The van der Waals surface area contributed by atoms with E-state index in [-0.39, 0.29) is 30.1 Å². The van der Waals surface area contributed by atoms with E-state index >= 15 is 0 Å². The number of ether oxygens (including phenoxy) is 2. The lowest BCUT2D eigenvalue weighted by Gasteiger charge is -2.14. The van der Waals surface area contributed by atoms with Gasteiger partial charge in [0.05, 0.1) is 18.8 Å². The van der Waals surface area contributed by atoms with Gasteiger partial charge < -0.3 is 24.6 Å². The van der Waals surface area contributed by atoms with Crippen LogP contribution in [0.1, 0.15) is 62.8 Å². The zero-order valence-electron chi connectivity index (χ0n) is 19.2. The van der Waals surface area contributed by atoms with Crippen molar-refractivity contribution in [3.8, 4) is 11.5 Å². The Morgan fingerprint density at radius 2 is 2.00 bits per heavy atom. The molecule has 1 aromatic heterocycles. The van der Waals surface area contributed by atoms with E-state index < -0.39 is 0 Å². The Balaban J connectivity index is 0.00000341. The van der Waals surface area contributed by atoms with Gasteiger partial charge in [-0.05, 0) is 39.3 Å². The van der Waals surface area contributed by atoms with E-state index in [0.29, 0.717) is 19.7 Å². The summed E-state index contributed by atoms with van der Waals surface area (Å²) in [4.78, 5) is 4.79. The highest BCUT2D eigenvalue weighted by Crippen LogP contribution is 2.35. The second-order valence-corrected chi connectivity index (χ2v) is 7.42. The van der Waals surface area contributed by atoms with Crippen LogP contribution in [0.5, 0.6) is 11.5 Å². The van der Waals surface area contributed by atoms with E-state index in [1.165, 1.54) is 5.56 Å². The van der Waals surface area contributed by atoms with Gasteiger partial charge in [-0.3, -0.25) is 0 Å². The van der Waals surface area contributed by atoms with E-state index in [1.54, 1.807) is 0 Å². The zero-order valence-corrected chi connectivity index (χ0v) is 21.5. The maximum atomic E-state index is 5.93. The number of nitrogens with one attached hydrogen (secondary N) is 2. The summed E-state index contributed by atoms with van der Waals surface area (Å²) in [6.07, 6.45) is 2.79. The maximum absolute atomic E-state index is 5.93. The molecule has 31 heavy (non-hydrogen) atoms. The summed E-state index contributed by atoms with van der Waals surface area (Å²) < 4.78 is 17.3. The van der Waals surface area contributed by atoms with Crippen LogP contribution in [-0.2, 0) is 32.4 Å². The summed E-state index contributed by atoms with van der Waals surface area (Å²) in [5.41, 5.74) is 4.35. The van der Waals surface area contributed by atoms with Crippen molar-refractivity contribution in [2.24, 2.45) is 4.99 Å². The number of hydrogen-bond acceptors (Lipinski definition) is 5. The molecule has 0 bridgehead atoms. The summed E-state index contributed by atoms with van der Waals surface area (Å²) in [5, 5.41) is 10.9. The molecular weight excluding hydrogens is 507 g/mol. The predicted molar refractivity (Wildman–Crippen MR) is 134 cm³/mol. The number of rotatable bonds is 9. The number of hydrogen-bond donors (Lipinski definition) is 2. The van der Waals surface area contributed by atoms with Crippen molar-refractivity contribution < 1.29 is 14.0 Å². The minimum absolute atomic E-state index is 0. The van der Waals surface area contributed by atoms with Gasteiger partial charge in [0.2, 0.25) is 0 Å². The maximum Gasteiger partial charge on any atom is 0.191 e. The number of aryl methyl sites for hydroxylation is 2. The molecule has 1 aliphatic rings. The van der Waals surface area contributed by atoms with E-state index in [4.69, 9.17) is 19.0 Å². The Kier molecular flexibility index (Phi) is 9.93. The second-order valence-electron chi connectivity index (χ2n) is 7.42. The van der Waals surface area contributed by atoms with Gasteiger partial charge in [-0.15, -0.1) is 24.0 Å². The highest BCUT2D eigenvalue weighted by atomic mass is 127. The Bertz CT molecular complexity index is 860. The Labute approximate surface area is 202 Å². The van der Waals surface area contributed by atoms with E-state index in [0.717, 1.165) is 65.8 Å². The average molecular weight is 542 g/mol. The third-order valence-electron chi connectivity index (χ3n) is 5.17. The number of aliphatic imine (C=N–C) groups is 1. The molecule has 0 saturated carbocycles. The van der Waals surface area contributed by atoms with Crippen LogP contribution in [0.2, 0.25) is 0 Å². The van der Waals surface area contributed by atoms with Crippen LogP contribution in [0.3, 0.4) is 0 Å². The number of guanidine groups is 1. The van der Waals surface area contributed by atoms with E-state index in [2.05, 4.69) is 55.6 Å². The lowest BCUT2D eigenvalue weighted by molar-refractivity contribution is 0.254.